The number of benzene rings is 1. The SMILES string of the molecule is CC(CCN)N(C)C(=O)Cc1c(F)cccc1F. The molecule has 0 saturated heterocycles. The molecule has 0 aromatic heterocycles. The third-order valence-electron chi connectivity index (χ3n) is 3.03. The predicted octanol–water partition coefficient (Wildman–Crippen LogP) is 1.70. The highest BCUT2D eigenvalue weighted by Gasteiger charge is 2.19. The molecule has 0 aliphatic rings. The number of rotatable bonds is 5. The van der Waals surface area contributed by atoms with Crippen molar-refractivity contribution in [2.24, 2.45) is 5.73 Å². The molecule has 1 unspecified atom stereocenters. The van der Waals surface area contributed by atoms with E-state index in [-0.39, 0.29) is 23.9 Å². The Morgan fingerprint density at radius 1 is 1.39 bits per heavy atom. The number of likely N-dealkylation sites (N-methyl/N-ethyl adjacent to an activating group) is 1. The first-order chi connectivity index (χ1) is 8.47. The lowest BCUT2D eigenvalue weighted by molar-refractivity contribution is -0.131. The van der Waals surface area contributed by atoms with Crippen LogP contribution in [0.15, 0.2) is 18.2 Å². The van der Waals surface area contributed by atoms with Gasteiger partial charge in [-0.25, -0.2) is 8.78 Å². The zero-order valence-electron chi connectivity index (χ0n) is 10.6. The van der Waals surface area contributed by atoms with Crippen molar-refractivity contribution in [1.29, 1.82) is 0 Å². The Balaban J connectivity index is 2.75. The van der Waals surface area contributed by atoms with Crippen LogP contribution in [0.3, 0.4) is 0 Å². The van der Waals surface area contributed by atoms with Crippen molar-refractivity contribution < 1.29 is 13.6 Å². The van der Waals surface area contributed by atoms with Gasteiger partial charge in [-0.1, -0.05) is 6.07 Å². The molecule has 0 spiro atoms. The van der Waals surface area contributed by atoms with Crippen LogP contribution >= 0.6 is 0 Å². The van der Waals surface area contributed by atoms with E-state index < -0.39 is 11.6 Å². The summed E-state index contributed by atoms with van der Waals surface area (Å²) in [5, 5.41) is 0. The number of amides is 1. The van der Waals surface area contributed by atoms with Crippen molar-refractivity contribution >= 4 is 5.91 Å². The maximum atomic E-state index is 13.4. The van der Waals surface area contributed by atoms with Crippen molar-refractivity contribution in [1.82, 2.24) is 4.90 Å². The smallest absolute Gasteiger partial charge is 0.227 e. The molecule has 1 atom stereocenters. The molecule has 0 bridgehead atoms. The number of hydrogen-bond donors (Lipinski definition) is 1. The Hall–Kier alpha value is -1.49. The average molecular weight is 256 g/mol. The van der Waals surface area contributed by atoms with Gasteiger partial charge in [0.2, 0.25) is 5.91 Å². The van der Waals surface area contributed by atoms with Gasteiger partial charge in [0.25, 0.3) is 0 Å². The van der Waals surface area contributed by atoms with Gasteiger partial charge in [-0.3, -0.25) is 4.79 Å². The van der Waals surface area contributed by atoms with Gasteiger partial charge in [-0.2, -0.15) is 0 Å². The van der Waals surface area contributed by atoms with E-state index in [1.54, 1.807) is 7.05 Å². The predicted molar refractivity (Wildman–Crippen MR) is 66.0 cm³/mol. The minimum absolute atomic E-state index is 0.0441. The Morgan fingerprint density at radius 3 is 2.44 bits per heavy atom. The summed E-state index contributed by atoms with van der Waals surface area (Å²) < 4.78 is 26.8. The second-order valence-corrected chi connectivity index (χ2v) is 4.31. The van der Waals surface area contributed by atoms with Crippen molar-refractivity contribution in [3.8, 4) is 0 Å². The summed E-state index contributed by atoms with van der Waals surface area (Å²) in [7, 11) is 1.61. The number of nitrogens with two attached hydrogens (primary N) is 1. The highest BCUT2D eigenvalue weighted by atomic mass is 19.1. The van der Waals surface area contributed by atoms with Gasteiger partial charge in [0.1, 0.15) is 11.6 Å². The first-order valence-electron chi connectivity index (χ1n) is 5.86. The lowest BCUT2D eigenvalue weighted by atomic mass is 10.1. The summed E-state index contributed by atoms with van der Waals surface area (Å²) in [5.74, 6) is -1.70. The van der Waals surface area contributed by atoms with E-state index in [0.29, 0.717) is 13.0 Å². The third kappa shape index (κ3) is 3.50. The van der Waals surface area contributed by atoms with E-state index in [9.17, 15) is 13.6 Å². The topological polar surface area (TPSA) is 46.3 Å². The zero-order valence-corrected chi connectivity index (χ0v) is 10.6. The summed E-state index contributed by atoms with van der Waals surface area (Å²) in [5.41, 5.74) is 5.22. The molecule has 0 fully saturated rings. The lowest BCUT2D eigenvalue weighted by Gasteiger charge is -2.24. The van der Waals surface area contributed by atoms with Crippen LogP contribution in [-0.2, 0) is 11.2 Å². The van der Waals surface area contributed by atoms with Gasteiger partial charge in [-0.05, 0) is 32.0 Å². The second kappa shape index (κ2) is 6.44. The van der Waals surface area contributed by atoms with Crippen molar-refractivity contribution in [3.05, 3.63) is 35.4 Å². The molecule has 0 radical (unpaired) electrons. The van der Waals surface area contributed by atoms with E-state index in [0.717, 1.165) is 12.1 Å². The van der Waals surface area contributed by atoms with Crippen LogP contribution < -0.4 is 5.73 Å². The molecule has 1 rings (SSSR count). The quantitative estimate of drug-likeness (QED) is 0.871. The molecule has 5 heteroatoms. The number of carbonyl (C=O) groups is 1. The average Bonchev–Trinajstić information content (AvgIpc) is 2.33. The highest BCUT2D eigenvalue weighted by molar-refractivity contribution is 5.78. The second-order valence-electron chi connectivity index (χ2n) is 4.31. The highest BCUT2D eigenvalue weighted by Crippen LogP contribution is 2.14. The van der Waals surface area contributed by atoms with Crippen molar-refractivity contribution in [2.75, 3.05) is 13.6 Å². The van der Waals surface area contributed by atoms with Gasteiger partial charge in [0, 0.05) is 18.7 Å². The van der Waals surface area contributed by atoms with Crippen LogP contribution in [0.2, 0.25) is 0 Å². The van der Waals surface area contributed by atoms with Gasteiger partial charge in [0.15, 0.2) is 0 Å². The molecule has 1 aromatic carbocycles. The van der Waals surface area contributed by atoms with E-state index in [1.165, 1.54) is 11.0 Å². The molecule has 18 heavy (non-hydrogen) atoms. The van der Waals surface area contributed by atoms with Gasteiger partial charge in [0.05, 0.1) is 6.42 Å². The van der Waals surface area contributed by atoms with Gasteiger partial charge < -0.3 is 10.6 Å². The molecule has 1 aromatic rings. The molecule has 0 saturated carbocycles. The summed E-state index contributed by atoms with van der Waals surface area (Å²) >= 11 is 0. The van der Waals surface area contributed by atoms with Gasteiger partial charge in [-0.15, -0.1) is 0 Å². The minimum Gasteiger partial charge on any atom is -0.343 e. The molecule has 0 heterocycles. The number of halogens is 2. The molecule has 2 N–H and O–H groups in total. The first-order valence-corrected chi connectivity index (χ1v) is 5.86. The Kier molecular flexibility index (Phi) is 5.22. The van der Waals surface area contributed by atoms with Crippen LogP contribution in [0, 0.1) is 11.6 Å². The van der Waals surface area contributed by atoms with Gasteiger partial charge >= 0.3 is 0 Å². The Morgan fingerprint density at radius 2 is 1.94 bits per heavy atom. The third-order valence-corrected chi connectivity index (χ3v) is 3.03. The monoisotopic (exact) mass is 256 g/mol. The first kappa shape index (κ1) is 14.6. The van der Waals surface area contributed by atoms with Crippen LogP contribution in [-0.4, -0.2) is 30.4 Å². The summed E-state index contributed by atoms with van der Waals surface area (Å²) in [6.07, 6.45) is 0.381. The Bertz CT molecular complexity index is 403. The fourth-order valence-electron chi connectivity index (χ4n) is 1.66. The lowest BCUT2D eigenvalue weighted by Crippen LogP contribution is -2.37. The van der Waals surface area contributed by atoms with E-state index in [2.05, 4.69) is 0 Å². The maximum Gasteiger partial charge on any atom is 0.227 e. The fraction of sp³-hybridized carbons (Fsp3) is 0.462. The molecule has 0 aliphatic heterocycles. The minimum atomic E-state index is -0.691. The van der Waals surface area contributed by atoms with Crippen molar-refractivity contribution in [2.45, 2.75) is 25.8 Å². The van der Waals surface area contributed by atoms with Crippen LogP contribution in [0.4, 0.5) is 8.78 Å². The van der Waals surface area contributed by atoms with E-state index in [4.69, 9.17) is 5.73 Å². The van der Waals surface area contributed by atoms with Crippen molar-refractivity contribution in [3.63, 3.8) is 0 Å². The van der Waals surface area contributed by atoms with E-state index in [1.807, 2.05) is 6.92 Å². The maximum absolute atomic E-state index is 13.4. The van der Waals surface area contributed by atoms with E-state index >= 15 is 0 Å². The molecular formula is C13H18F2N2O. The summed E-state index contributed by atoms with van der Waals surface area (Å²) in [6, 6.07) is 3.53. The molecule has 100 valence electrons. The van der Waals surface area contributed by atoms with Crippen LogP contribution in [0.5, 0.6) is 0 Å². The number of hydrogen-bond acceptors (Lipinski definition) is 2. The molecule has 0 aliphatic carbocycles. The van der Waals surface area contributed by atoms with Crippen LogP contribution in [0.25, 0.3) is 0 Å². The number of carbonyl (C=O) groups excluding carboxylic acids is 1. The zero-order chi connectivity index (χ0) is 13.7. The molecule has 1 amide bonds. The number of nitrogens with zero attached hydrogens (tertiary/aromatic N) is 1. The largest absolute Gasteiger partial charge is 0.343 e. The standard InChI is InChI=1S/C13H18F2N2O/c1-9(6-7-16)17(2)13(18)8-10-11(14)4-3-5-12(10)15/h3-5,9H,6-8,16H2,1-2H3. The Labute approximate surface area is 106 Å². The summed E-state index contributed by atoms with van der Waals surface area (Å²) in [4.78, 5) is 13.4. The normalized spacial score (nSPS) is 12.3. The molecular weight excluding hydrogens is 238 g/mol. The van der Waals surface area contributed by atoms with Crippen LogP contribution in [0.1, 0.15) is 18.9 Å². The summed E-state index contributed by atoms with van der Waals surface area (Å²) in [6.45, 7) is 2.31. The molecule has 3 nitrogen and oxygen atoms in total. The fourth-order valence-corrected chi connectivity index (χ4v) is 1.66.